The zero-order chi connectivity index (χ0) is 22.7. The molecule has 0 aliphatic carbocycles. The maximum atomic E-state index is 13.6. The van der Waals surface area contributed by atoms with Gasteiger partial charge in [0.1, 0.15) is 12.4 Å². The Morgan fingerprint density at radius 1 is 1.38 bits per heavy atom. The Bertz CT molecular complexity index is 1150. The predicted octanol–water partition coefficient (Wildman–Crippen LogP) is 4.05. The fraction of sp³-hybridized carbons (Fsp3) is 0.318. The van der Waals surface area contributed by atoms with Gasteiger partial charge in [-0.25, -0.2) is 9.18 Å². The molecule has 3 aromatic rings. The molecule has 2 N–H and O–H groups in total. The molecular weight excluding hydrogens is 455 g/mol. The number of alkyl carbamates (subject to hydrolysis) is 1. The molecule has 10 heteroatoms. The summed E-state index contributed by atoms with van der Waals surface area (Å²) >= 11 is 7.77. The van der Waals surface area contributed by atoms with E-state index in [1.54, 1.807) is 18.3 Å². The Balaban J connectivity index is 1.54. The van der Waals surface area contributed by atoms with Gasteiger partial charge in [-0.2, -0.15) is 5.10 Å². The van der Waals surface area contributed by atoms with Crippen molar-refractivity contribution in [3.05, 3.63) is 62.7 Å². The van der Waals surface area contributed by atoms with E-state index in [2.05, 4.69) is 15.7 Å². The molecule has 0 radical (unpaired) electrons. The Kier molecular flexibility index (Phi) is 6.76. The highest BCUT2D eigenvalue weighted by atomic mass is 35.5. The molecule has 1 aliphatic heterocycles. The molecule has 3 heterocycles. The lowest BCUT2D eigenvalue weighted by Crippen LogP contribution is -2.41. The minimum atomic E-state index is -0.603. The molecule has 0 fully saturated rings. The summed E-state index contributed by atoms with van der Waals surface area (Å²) in [6.07, 6.45) is 3.06. The first-order chi connectivity index (χ1) is 15.4. The first-order valence-corrected chi connectivity index (χ1v) is 11.4. The van der Waals surface area contributed by atoms with Crippen LogP contribution in [0.15, 0.2) is 36.5 Å². The van der Waals surface area contributed by atoms with Gasteiger partial charge in [0.15, 0.2) is 0 Å². The van der Waals surface area contributed by atoms with Crippen molar-refractivity contribution in [2.24, 2.45) is 0 Å². The van der Waals surface area contributed by atoms with E-state index < -0.39 is 12.1 Å². The number of nitrogens with zero attached hydrogens (tertiary/aromatic N) is 2. The summed E-state index contributed by atoms with van der Waals surface area (Å²) in [5.74, 6) is -0.651. The van der Waals surface area contributed by atoms with Crippen LogP contribution in [0.2, 0.25) is 5.02 Å². The van der Waals surface area contributed by atoms with Crippen LogP contribution in [-0.4, -0.2) is 41.5 Å². The van der Waals surface area contributed by atoms with Gasteiger partial charge in [-0.3, -0.25) is 9.48 Å². The Morgan fingerprint density at radius 2 is 2.22 bits per heavy atom. The molecule has 1 atom stereocenters. The van der Waals surface area contributed by atoms with E-state index in [1.165, 1.54) is 30.5 Å². The monoisotopic (exact) mass is 476 g/mol. The summed E-state index contributed by atoms with van der Waals surface area (Å²) in [5.41, 5.74) is 2.44. The van der Waals surface area contributed by atoms with E-state index in [0.717, 1.165) is 35.5 Å². The average molecular weight is 477 g/mol. The number of rotatable bonds is 6. The van der Waals surface area contributed by atoms with Crippen molar-refractivity contribution in [3.8, 4) is 11.3 Å². The molecule has 0 spiro atoms. The summed E-state index contributed by atoms with van der Waals surface area (Å²) in [7, 11) is 1.46. The third-order valence-corrected chi connectivity index (χ3v) is 6.65. The molecule has 1 aromatic carbocycles. The van der Waals surface area contributed by atoms with Crippen LogP contribution in [0.5, 0.6) is 0 Å². The van der Waals surface area contributed by atoms with E-state index in [9.17, 15) is 14.0 Å². The summed E-state index contributed by atoms with van der Waals surface area (Å²) < 4.78 is 20.6. The molecular formula is C22H22ClFN4O3S. The number of carbonyl (C=O) groups excluding carboxylic acids is 2. The predicted molar refractivity (Wildman–Crippen MR) is 121 cm³/mol. The number of amides is 2. The number of benzene rings is 1. The molecule has 0 bridgehead atoms. The topological polar surface area (TPSA) is 85.3 Å². The van der Waals surface area contributed by atoms with Gasteiger partial charge in [-0.1, -0.05) is 23.7 Å². The van der Waals surface area contributed by atoms with Crippen molar-refractivity contribution in [1.29, 1.82) is 0 Å². The van der Waals surface area contributed by atoms with Crippen molar-refractivity contribution >= 4 is 34.9 Å². The van der Waals surface area contributed by atoms with E-state index >= 15 is 0 Å². The molecule has 0 saturated heterocycles. The molecule has 0 saturated carbocycles. The third-order valence-electron chi connectivity index (χ3n) is 5.18. The maximum Gasteiger partial charge on any atom is 0.406 e. The normalized spacial score (nSPS) is 13.5. The first kappa shape index (κ1) is 22.3. The second-order valence-corrected chi connectivity index (χ2v) is 9.01. The summed E-state index contributed by atoms with van der Waals surface area (Å²) in [5, 5.41) is 10.2. The van der Waals surface area contributed by atoms with Gasteiger partial charge in [0, 0.05) is 24.0 Å². The minimum absolute atomic E-state index is 0.0500. The second kappa shape index (κ2) is 9.70. The number of aromatic nitrogens is 2. The third kappa shape index (κ3) is 4.94. The highest BCUT2D eigenvalue weighted by Gasteiger charge is 2.24. The van der Waals surface area contributed by atoms with Crippen molar-refractivity contribution in [2.45, 2.75) is 31.8 Å². The van der Waals surface area contributed by atoms with Crippen LogP contribution >= 0.6 is 22.9 Å². The van der Waals surface area contributed by atoms with Crippen molar-refractivity contribution in [2.75, 3.05) is 13.7 Å². The molecule has 2 amide bonds. The number of thiophene rings is 1. The summed E-state index contributed by atoms with van der Waals surface area (Å²) in [4.78, 5) is 26.2. The SMILES string of the molecule is CNC(=O)OC[C@H](Cc1cccc(F)c1)NC(=O)c1cc2c(s1)CCCn1ncc(Cl)c1-2. The van der Waals surface area contributed by atoms with E-state index in [0.29, 0.717) is 21.9 Å². The number of hydrogen-bond donors (Lipinski definition) is 2. The zero-order valence-electron chi connectivity index (χ0n) is 17.4. The van der Waals surface area contributed by atoms with Crippen LogP contribution in [0.25, 0.3) is 11.3 Å². The van der Waals surface area contributed by atoms with Gasteiger partial charge in [0.25, 0.3) is 5.91 Å². The van der Waals surface area contributed by atoms with Crippen LogP contribution in [-0.2, 0) is 24.1 Å². The highest BCUT2D eigenvalue weighted by molar-refractivity contribution is 7.14. The number of halogens is 2. The summed E-state index contributed by atoms with van der Waals surface area (Å²) in [6, 6.07) is 7.42. The van der Waals surface area contributed by atoms with Gasteiger partial charge in [0.05, 0.1) is 27.8 Å². The fourth-order valence-corrected chi connectivity index (χ4v) is 5.07. The first-order valence-electron chi connectivity index (χ1n) is 10.2. The second-order valence-electron chi connectivity index (χ2n) is 7.47. The highest BCUT2D eigenvalue weighted by Crippen LogP contribution is 2.38. The number of aryl methyl sites for hydroxylation is 2. The standard InChI is InChI=1S/C22H22ClFN4O3S/c1-25-22(30)31-12-15(9-13-4-2-5-14(24)8-13)27-21(29)19-10-16-18(32-19)6-3-7-28-20(16)17(23)11-26-28/h2,4-5,8,10-11,15H,3,6-7,9,12H2,1H3,(H,25,30)(H,27,29)/t15-/m0/s1. The van der Waals surface area contributed by atoms with Crippen LogP contribution in [0.4, 0.5) is 9.18 Å². The van der Waals surface area contributed by atoms with Crippen LogP contribution in [0, 0.1) is 5.82 Å². The van der Waals surface area contributed by atoms with Crippen molar-refractivity contribution in [3.63, 3.8) is 0 Å². The maximum absolute atomic E-state index is 13.6. The lowest BCUT2D eigenvalue weighted by atomic mass is 10.1. The largest absolute Gasteiger partial charge is 0.447 e. The molecule has 168 valence electrons. The molecule has 4 rings (SSSR count). The van der Waals surface area contributed by atoms with Crippen LogP contribution < -0.4 is 10.6 Å². The number of nitrogens with one attached hydrogen (secondary N) is 2. The van der Waals surface area contributed by atoms with Crippen molar-refractivity contribution < 1.29 is 18.7 Å². The van der Waals surface area contributed by atoms with E-state index in [4.69, 9.17) is 16.3 Å². The molecule has 7 nitrogen and oxygen atoms in total. The molecule has 32 heavy (non-hydrogen) atoms. The molecule has 0 unspecified atom stereocenters. The molecule has 1 aliphatic rings. The number of fused-ring (bicyclic) bond motifs is 3. The van der Waals surface area contributed by atoms with Gasteiger partial charge in [-0.15, -0.1) is 11.3 Å². The van der Waals surface area contributed by atoms with Gasteiger partial charge >= 0.3 is 6.09 Å². The van der Waals surface area contributed by atoms with Gasteiger partial charge < -0.3 is 15.4 Å². The minimum Gasteiger partial charge on any atom is -0.447 e. The Hall–Kier alpha value is -2.91. The Labute approximate surface area is 193 Å². The van der Waals surface area contributed by atoms with Gasteiger partial charge in [0.2, 0.25) is 0 Å². The average Bonchev–Trinajstić information content (AvgIpc) is 3.30. The number of hydrogen-bond acceptors (Lipinski definition) is 5. The van der Waals surface area contributed by atoms with Crippen LogP contribution in [0.1, 0.15) is 26.5 Å². The van der Waals surface area contributed by atoms with Gasteiger partial charge in [-0.05, 0) is 43.0 Å². The fourth-order valence-electron chi connectivity index (χ4n) is 3.72. The Morgan fingerprint density at radius 3 is 3.00 bits per heavy atom. The smallest absolute Gasteiger partial charge is 0.406 e. The lowest BCUT2D eigenvalue weighted by Gasteiger charge is -2.18. The number of carbonyl (C=O) groups is 2. The van der Waals surface area contributed by atoms with E-state index in [1.807, 2.05) is 10.7 Å². The van der Waals surface area contributed by atoms with E-state index in [-0.39, 0.29) is 18.3 Å². The van der Waals surface area contributed by atoms with Crippen LogP contribution in [0.3, 0.4) is 0 Å². The quantitative estimate of drug-likeness (QED) is 0.562. The number of ether oxygens (including phenoxy) is 1. The lowest BCUT2D eigenvalue weighted by molar-refractivity contribution is 0.0898. The summed E-state index contributed by atoms with van der Waals surface area (Å²) in [6.45, 7) is 0.725. The van der Waals surface area contributed by atoms with Crippen molar-refractivity contribution in [1.82, 2.24) is 20.4 Å². The molecule has 2 aromatic heterocycles. The zero-order valence-corrected chi connectivity index (χ0v) is 18.9.